The fraction of sp³-hybridized carbons (Fsp3) is 1.00. The monoisotopic (exact) mass is 637 g/mol. The molecule has 0 radical (unpaired) electrons. The first-order chi connectivity index (χ1) is 20.1. The van der Waals surface area contributed by atoms with E-state index in [0.29, 0.717) is 29.1 Å². The highest BCUT2D eigenvalue weighted by Gasteiger charge is 3.02. The zero-order valence-corrected chi connectivity index (χ0v) is 36.1. The third kappa shape index (κ3) is 2.92. The number of rotatable bonds is 4. The standard InChI is InChI=1S/C46H84/c1-25-31-29(4)42(23)41(31,22)30(5)37(14,15)45(44(26-28(2)3)27-36(12,13)32(44)34(6,7)8)33-38(16,17)40(20,21)46(45,35(9,10)11)43(42,24)39(33,18)19/h28-33H,25-27H2,1-24H3. The van der Waals surface area contributed by atoms with Gasteiger partial charge in [0.15, 0.2) is 0 Å². The molecule has 0 amide bonds. The van der Waals surface area contributed by atoms with Crippen molar-refractivity contribution in [3.05, 3.63) is 0 Å². The minimum absolute atomic E-state index is 0.101. The van der Waals surface area contributed by atoms with Crippen LogP contribution in [0.1, 0.15) is 185 Å². The molecular weight excluding hydrogens is 553 g/mol. The van der Waals surface area contributed by atoms with Crippen LogP contribution in [-0.2, 0) is 0 Å². The van der Waals surface area contributed by atoms with E-state index in [-0.39, 0.29) is 65.0 Å². The normalized spacial score (nSPS) is 52.5. The Bertz CT molecular complexity index is 1260. The lowest BCUT2D eigenvalue weighted by molar-refractivity contribution is -0.363. The van der Waals surface area contributed by atoms with Crippen LogP contribution in [-0.4, -0.2) is 0 Å². The maximum Gasteiger partial charge on any atom is -0.00578 e. The van der Waals surface area contributed by atoms with Crippen molar-refractivity contribution in [2.24, 2.45) is 106 Å². The van der Waals surface area contributed by atoms with Gasteiger partial charge >= 0.3 is 0 Å². The molecule has 0 spiro atoms. The highest BCUT2D eigenvalue weighted by Crippen LogP contribution is 3.06. The van der Waals surface area contributed by atoms with E-state index in [0.717, 1.165) is 11.8 Å². The molecule has 0 N–H and O–H groups in total. The Balaban J connectivity index is 2.20. The molecule has 0 nitrogen and oxygen atoms in total. The van der Waals surface area contributed by atoms with Crippen molar-refractivity contribution in [3.8, 4) is 0 Å². The molecule has 4 bridgehead atoms. The Morgan fingerprint density at radius 1 is 0.696 bits per heavy atom. The highest BCUT2D eigenvalue weighted by molar-refractivity contribution is 5.49. The average molecular weight is 637 g/mol. The highest BCUT2D eigenvalue weighted by atomic mass is 15.1. The maximum absolute atomic E-state index is 2.96. The first-order valence-electron chi connectivity index (χ1n) is 20.1. The molecule has 268 valence electrons. The predicted molar refractivity (Wildman–Crippen MR) is 203 cm³/mol. The molecule has 5 aliphatic carbocycles. The van der Waals surface area contributed by atoms with Crippen LogP contribution < -0.4 is 0 Å². The summed E-state index contributed by atoms with van der Waals surface area (Å²) in [5.74, 6) is 4.09. The SMILES string of the molecule is CCC1C(C)C2(C)C1(C)C(C)C(C)(C)C1(C3(CC(C)C)CC(C)(C)C3C(C)(C)C)C3C(C)(C)C(C)(C)C1(C(C)(C)C)C2(C)C3(C)C. The summed E-state index contributed by atoms with van der Waals surface area (Å²) in [5, 5.41) is 0. The Kier molecular flexibility index (Phi) is 7.20. The van der Waals surface area contributed by atoms with Crippen LogP contribution in [0.25, 0.3) is 0 Å². The summed E-state index contributed by atoms with van der Waals surface area (Å²) in [5.41, 5.74) is 2.47. The van der Waals surface area contributed by atoms with Crippen molar-refractivity contribution in [3.63, 3.8) is 0 Å². The van der Waals surface area contributed by atoms with Crippen LogP contribution in [0, 0.1) is 106 Å². The molecule has 0 heterocycles. The lowest BCUT2D eigenvalue weighted by atomic mass is 9.21. The fourth-order valence-electron chi connectivity index (χ4n) is 21.2. The molecule has 5 fully saturated rings. The summed E-state index contributed by atoms with van der Waals surface area (Å²) in [6.45, 7) is 66.1. The summed E-state index contributed by atoms with van der Waals surface area (Å²) in [4.78, 5) is 0. The van der Waals surface area contributed by atoms with Crippen LogP contribution >= 0.6 is 0 Å². The second kappa shape index (κ2) is 8.89. The van der Waals surface area contributed by atoms with Gasteiger partial charge in [-0.25, -0.2) is 0 Å². The quantitative estimate of drug-likeness (QED) is 0.288. The first kappa shape index (κ1) is 37.3. The van der Waals surface area contributed by atoms with Crippen molar-refractivity contribution in [2.45, 2.75) is 185 Å². The summed E-state index contributed by atoms with van der Waals surface area (Å²) in [7, 11) is 0. The van der Waals surface area contributed by atoms with E-state index in [1.807, 2.05) is 0 Å². The zero-order chi connectivity index (χ0) is 36.1. The van der Waals surface area contributed by atoms with Gasteiger partial charge in [0.05, 0.1) is 0 Å². The summed E-state index contributed by atoms with van der Waals surface area (Å²) >= 11 is 0. The third-order valence-electron chi connectivity index (χ3n) is 20.6. The van der Waals surface area contributed by atoms with Crippen molar-refractivity contribution < 1.29 is 0 Å². The molecule has 0 aromatic carbocycles. The molecular formula is C46H84. The number of hydrogen-bond acceptors (Lipinski definition) is 0. The van der Waals surface area contributed by atoms with Gasteiger partial charge in [-0.2, -0.15) is 0 Å². The lowest BCUT2D eigenvalue weighted by Gasteiger charge is -2.83. The lowest BCUT2D eigenvalue weighted by Crippen LogP contribution is -2.79. The molecule has 5 aliphatic rings. The van der Waals surface area contributed by atoms with Crippen molar-refractivity contribution in [2.75, 3.05) is 0 Å². The topological polar surface area (TPSA) is 0 Å². The van der Waals surface area contributed by atoms with Gasteiger partial charge in [-0.1, -0.05) is 173 Å². The Morgan fingerprint density at radius 3 is 1.54 bits per heavy atom. The zero-order valence-electron chi connectivity index (χ0n) is 36.1. The molecule has 0 heteroatoms. The largest absolute Gasteiger partial charge is 0.0651 e. The van der Waals surface area contributed by atoms with Gasteiger partial charge in [-0.05, 0) is 119 Å². The van der Waals surface area contributed by atoms with Crippen molar-refractivity contribution in [1.29, 1.82) is 0 Å². The molecule has 0 aliphatic heterocycles. The first-order valence-corrected chi connectivity index (χ1v) is 20.1. The van der Waals surface area contributed by atoms with Crippen LogP contribution in [0.3, 0.4) is 0 Å². The molecule has 0 saturated heterocycles. The molecule has 11 unspecified atom stereocenters. The van der Waals surface area contributed by atoms with Gasteiger partial charge in [0, 0.05) is 0 Å². The maximum atomic E-state index is 2.96. The van der Waals surface area contributed by atoms with E-state index < -0.39 is 0 Å². The molecule has 5 rings (SSSR count). The smallest absolute Gasteiger partial charge is 0.00578 e. The van der Waals surface area contributed by atoms with E-state index in [9.17, 15) is 0 Å². The van der Waals surface area contributed by atoms with Gasteiger partial charge in [-0.3, -0.25) is 0 Å². The second-order valence-corrected chi connectivity index (χ2v) is 24.9. The summed E-state index contributed by atoms with van der Waals surface area (Å²) < 4.78 is 0. The Hall–Kier alpha value is 0. The van der Waals surface area contributed by atoms with Crippen molar-refractivity contribution in [1.82, 2.24) is 0 Å². The van der Waals surface area contributed by atoms with E-state index in [4.69, 9.17) is 0 Å². The van der Waals surface area contributed by atoms with E-state index in [1.54, 1.807) is 0 Å². The molecule has 11 atom stereocenters. The Labute approximate surface area is 290 Å². The van der Waals surface area contributed by atoms with Crippen LogP contribution in [0.5, 0.6) is 0 Å². The molecule has 0 aromatic heterocycles. The van der Waals surface area contributed by atoms with E-state index in [2.05, 4.69) is 166 Å². The van der Waals surface area contributed by atoms with E-state index in [1.165, 1.54) is 19.3 Å². The minimum atomic E-state index is 0.101. The van der Waals surface area contributed by atoms with Gasteiger partial charge < -0.3 is 0 Å². The van der Waals surface area contributed by atoms with Gasteiger partial charge in [0.2, 0.25) is 0 Å². The minimum Gasteiger partial charge on any atom is -0.0651 e. The average Bonchev–Trinajstić information content (AvgIpc) is 3.08. The van der Waals surface area contributed by atoms with Gasteiger partial charge in [0.1, 0.15) is 0 Å². The second-order valence-electron chi connectivity index (χ2n) is 24.9. The number of fused-ring (bicyclic) bond motifs is 2. The van der Waals surface area contributed by atoms with E-state index >= 15 is 0 Å². The fourth-order valence-corrected chi connectivity index (χ4v) is 21.2. The van der Waals surface area contributed by atoms with Gasteiger partial charge in [-0.15, -0.1) is 0 Å². The number of hydrogen-bond donors (Lipinski definition) is 0. The molecule has 5 saturated carbocycles. The Morgan fingerprint density at radius 2 is 1.17 bits per heavy atom. The van der Waals surface area contributed by atoms with Crippen LogP contribution in [0.2, 0.25) is 0 Å². The summed E-state index contributed by atoms with van der Waals surface area (Å²) in [6, 6.07) is 0. The molecule has 0 aromatic rings. The van der Waals surface area contributed by atoms with Crippen LogP contribution in [0.15, 0.2) is 0 Å². The van der Waals surface area contributed by atoms with Crippen molar-refractivity contribution >= 4 is 0 Å². The predicted octanol–water partition coefficient (Wildman–Crippen LogP) is 14.2. The third-order valence-corrected chi connectivity index (χ3v) is 20.6. The van der Waals surface area contributed by atoms with Gasteiger partial charge in [0.25, 0.3) is 0 Å². The molecule has 46 heavy (non-hydrogen) atoms. The van der Waals surface area contributed by atoms with Crippen LogP contribution in [0.4, 0.5) is 0 Å². The summed E-state index contributed by atoms with van der Waals surface area (Å²) in [6.07, 6.45) is 4.05.